The van der Waals surface area contributed by atoms with Crippen molar-refractivity contribution in [2.24, 2.45) is 0 Å². The van der Waals surface area contributed by atoms with Crippen LogP contribution in [0.1, 0.15) is 5.56 Å². The molecule has 0 saturated carbocycles. The Morgan fingerprint density at radius 1 is 0.920 bits per heavy atom. The zero-order chi connectivity index (χ0) is 17.4. The van der Waals surface area contributed by atoms with Gasteiger partial charge in [0.15, 0.2) is 5.82 Å². The summed E-state index contributed by atoms with van der Waals surface area (Å²) in [6, 6.07) is 13.4. The van der Waals surface area contributed by atoms with E-state index in [0.717, 1.165) is 42.9 Å². The van der Waals surface area contributed by atoms with E-state index in [4.69, 9.17) is 9.97 Å². The molecule has 4 rings (SSSR count). The van der Waals surface area contributed by atoms with Crippen molar-refractivity contribution in [1.82, 2.24) is 14.9 Å². The van der Waals surface area contributed by atoms with Gasteiger partial charge >= 0.3 is 0 Å². The molecule has 0 radical (unpaired) electrons. The van der Waals surface area contributed by atoms with E-state index >= 15 is 0 Å². The first-order chi connectivity index (χ1) is 12.1. The Bertz CT molecular complexity index is 917. The number of phenols is 1. The molecule has 1 N–H and O–H groups in total. The van der Waals surface area contributed by atoms with Crippen molar-refractivity contribution >= 4 is 16.7 Å². The van der Waals surface area contributed by atoms with Crippen LogP contribution in [0, 0.1) is 6.92 Å². The minimum atomic E-state index is 0.207. The number of fused-ring (bicyclic) bond motifs is 1. The number of aromatic nitrogens is 2. The fraction of sp³-hybridized carbons (Fsp3) is 0.300. The molecular weight excluding hydrogens is 312 g/mol. The molecule has 3 aromatic rings. The number of phenolic OH excluding ortho intramolecular Hbond substituents is 1. The van der Waals surface area contributed by atoms with E-state index in [0.29, 0.717) is 11.4 Å². The Hall–Kier alpha value is -2.66. The zero-order valence-electron chi connectivity index (χ0n) is 14.6. The number of likely N-dealkylation sites (N-methyl/N-ethyl adjacent to an activating group) is 1. The van der Waals surface area contributed by atoms with Crippen LogP contribution in [0.3, 0.4) is 0 Å². The third kappa shape index (κ3) is 2.91. The molecule has 0 bridgehead atoms. The predicted octanol–water partition coefficient (Wildman–Crippen LogP) is 3.06. The summed E-state index contributed by atoms with van der Waals surface area (Å²) >= 11 is 0. The van der Waals surface area contributed by atoms with E-state index in [1.807, 2.05) is 30.3 Å². The molecule has 0 aliphatic carbocycles. The monoisotopic (exact) mass is 334 g/mol. The Kier molecular flexibility index (Phi) is 4.01. The van der Waals surface area contributed by atoms with Crippen molar-refractivity contribution in [2.45, 2.75) is 6.92 Å². The Balaban J connectivity index is 1.91. The highest BCUT2D eigenvalue weighted by Gasteiger charge is 2.21. The molecule has 5 nitrogen and oxygen atoms in total. The van der Waals surface area contributed by atoms with Crippen LogP contribution < -0.4 is 4.90 Å². The van der Waals surface area contributed by atoms with Crippen molar-refractivity contribution < 1.29 is 5.11 Å². The van der Waals surface area contributed by atoms with E-state index in [2.05, 4.69) is 29.8 Å². The lowest BCUT2D eigenvalue weighted by molar-refractivity contribution is 0.312. The van der Waals surface area contributed by atoms with Gasteiger partial charge in [0.2, 0.25) is 0 Å². The molecular formula is C20H22N4O. The highest BCUT2D eigenvalue weighted by atomic mass is 16.3. The highest BCUT2D eigenvalue weighted by molar-refractivity contribution is 5.94. The van der Waals surface area contributed by atoms with E-state index in [9.17, 15) is 5.11 Å². The van der Waals surface area contributed by atoms with Crippen LogP contribution >= 0.6 is 0 Å². The van der Waals surface area contributed by atoms with Gasteiger partial charge in [-0.05, 0) is 37.7 Å². The minimum absolute atomic E-state index is 0.207. The van der Waals surface area contributed by atoms with Gasteiger partial charge in [-0.25, -0.2) is 9.97 Å². The largest absolute Gasteiger partial charge is 0.507 e. The second kappa shape index (κ2) is 6.33. The Morgan fingerprint density at radius 2 is 1.68 bits per heavy atom. The normalized spacial score (nSPS) is 15.7. The molecule has 0 amide bonds. The molecule has 1 saturated heterocycles. The number of hydrogen-bond donors (Lipinski definition) is 1. The summed E-state index contributed by atoms with van der Waals surface area (Å²) in [5, 5.41) is 11.3. The molecule has 0 spiro atoms. The minimum Gasteiger partial charge on any atom is -0.507 e. The number of para-hydroxylation sites is 1. The van der Waals surface area contributed by atoms with Crippen LogP contribution in [0.4, 0.5) is 5.82 Å². The fourth-order valence-electron chi connectivity index (χ4n) is 3.36. The smallest absolute Gasteiger partial charge is 0.165 e. The van der Waals surface area contributed by atoms with Crippen LogP contribution in [0.15, 0.2) is 42.5 Å². The lowest BCUT2D eigenvalue weighted by Gasteiger charge is -2.34. The Morgan fingerprint density at radius 3 is 2.44 bits per heavy atom. The number of benzene rings is 2. The average Bonchev–Trinajstić information content (AvgIpc) is 2.62. The van der Waals surface area contributed by atoms with Crippen LogP contribution in [-0.4, -0.2) is 53.2 Å². The van der Waals surface area contributed by atoms with Crippen LogP contribution in [0.25, 0.3) is 22.3 Å². The van der Waals surface area contributed by atoms with Crippen molar-refractivity contribution in [1.29, 1.82) is 0 Å². The summed E-state index contributed by atoms with van der Waals surface area (Å²) in [4.78, 5) is 14.3. The van der Waals surface area contributed by atoms with Gasteiger partial charge in [0.25, 0.3) is 0 Å². The molecule has 25 heavy (non-hydrogen) atoms. The molecule has 1 aromatic heterocycles. The molecule has 1 aliphatic rings. The maximum Gasteiger partial charge on any atom is 0.165 e. The summed E-state index contributed by atoms with van der Waals surface area (Å²) in [5.74, 6) is 1.75. The van der Waals surface area contributed by atoms with Gasteiger partial charge in [0.05, 0.1) is 11.1 Å². The first kappa shape index (κ1) is 15.8. The number of anilines is 1. The maximum atomic E-state index is 10.2. The molecule has 2 aromatic carbocycles. The maximum absolute atomic E-state index is 10.2. The summed E-state index contributed by atoms with van der Waals surface area (Å²) in [7, 11) is 2.15. The van der Waals surface area contributed by atoms with Gasteiger partial charge in [-0.15, -0.1) is 0 Å². The van der Waals surface area contributed by atoms with Gasteiger partial charge in [0, 0.05) is 31.6 Å². The van der Waals surface area contributed by atoms with Gasteiger partial charge in [-0.1, -0.05) is 24.3 Å². The molecule has 2 heterocycles. The second-order valence-electron chi connectivity index (χ2n) is 6.65. The lowest BCUT2D eigenvalue weighted by Crippen LogP contribution is -2.45. The number of piperazine rings is 1. The van der Waals surface area contributed by atoms with Crippen LogP contribution in [0.5, 0.6) is 5.75 Å². The molecule has 0 unspecified atom stereocenters. The first-order valence-corrected chi connectivity index (χ1v) is 8.63. The summed E-state index contributed by atoms with van der Waals surface area (Å²) < 4.78 is 0. The number of nitrogens with zero attached hydrogens (tertiary/aromatic N) is 4. The van der Waals surface area contributed by atoms with Crippen molar-refractivity contribution in [3.63, 3.8) is 0 Å². The van der Waals surface area contributed by atoms with Gasteiger partial charge in [0.1, 0.15) is 11.6 Å². The van der Waals surface area contributed by atoms with Gasteiger partial charge < -0.3 is 14.9 Å². The topological polar surface area (TPSA) is 52.5 Å². The number of rotatable bonds is 2. The standard InChI is InChI=1S/C20H22N4O/c1-14-6-5-8-16-18(14)20(24-12-10-23(2)11-13-24)22-19(21-16)15-7-3-4-9-17(15)25/h3-9,25H,10-13H2,1-2H3. The average molecular weight is 334 g/mol. The van der Waals surface area contributed by atoms with Gasteiger partial charge in [-0.3, -0.25) is 0 Å². The van der Waals surface area contributed by atoms with E-state index in [1.54, 1.807) is 6.07 Å². The fourth-order valence-corrected chi connectivity index (χ4v) is 3.36. The van der Waals surface area contributed by atoms with Gasteiger partial charge in [-0.2, -0.15) is 0 Å². The van der Waals surface area contributed by atoms with E-state index < -0.39 is 0 Å². The van der Waals surface area contributed by atoms with Crippen molar-refractivity contribution in [3.05, 3.63) is 48.0 Å². The number of aromatic hydroxyl groups is 1. The number of aryl methyl sites for hydroxylation is 1. The summed E-state index contributed by atoms with van der Waals surface area (Å²) in [5.41, 5.74) is 2.76. The molecule has 1 aliphatic heterocycles. The second-order valence-corrected chi connectivity index (χ2v) is 6.65. The van der Waals surface area contributed by atoms with Crippen molar-refractivity contribution in [3.8, 4) is 17.1 Å². The molecule has 0 atom stereocenters. The van der Waals surface area contributed by atoms with Crippen LogP contribution in [0.2, 0.25) is 0 Å². The lowest BCUT2D eigenvalue weighted by atomic mass is 10.1. The summed E-state index contributed by atoms with van der Waals surface area (Å²) in [6.07, 6.45) is 0. The van der Waals surface area contributed by atoms with E-state index in [1.165, 1.54) is 5.56 Å². The molecule has 128 valence electrons. The first-order valence-electron chi connectivity index (χ1n) is 8.63. The van der Waals surface area contributed by atoms with Crippen LogP contribution in [-0.2, 0) is 0 Å². The third-order valence-corrected chi connectivity index (χ3v) is 4.86. The van der Waals surface area contributed by atoms with Crippen molar-refractivity contribution in [2.75, 3.05) is 38.1 Å². The predicted molar refractivity (Wildman–Crippen MR) is 101 cm³/mol. The SMILES string of the molecule is Cc1cccc2nc(-c3ccccc3O)nc(N3CCN(C)CC3)c12. The number of hydrogen-bond acceptors (Lipinski definition) is 5. The molecule has 1 fully saturated rings. The third-order valence-electron chi connectivity index (χ3n) is 4.86. The Labute approximate surface area is 147 Å². The van der Waals surface area contributed by atoms with E-state index in [-0.39, 0.29) is 5.75 Å². The zero-order valence-corrected chi connectivity index (χ0v) is 14.6. The highest BCUT2D eigenvalue weighted by Crippen LogP contribution is 2.33. The summed E-state index contributed by atoms with van der Waals surface area (Å²) in [6.45, 7) is 6.02. The quantitative estimate of drug-likeness (QED) is 0.780. The molecule has 5 heteroatoms.